The third-order valence-electron chi connectivity index (χ3n) is 3.74. The van der Waals surface area contributed by atoms with Crippen molar-refractivity contribution in [2.45, 2.75) is 13.3 Å². The zero-order valence-corrected chi connectivity index (χ0v) is 18.2. The summed E-state index contributed by atoms with van der Waals surface area (Å²) in [6.45, 7) is 2.07. The van der Waals surface area contributed by atoms with E-state index in [2.05, 4.69) is 33.2 Å². The van der Waals surface area contributed by atoms with Crippen LogP contribution in [0.25, 0.3) is 17.3 Å². The zero-order chi connectivity index (χ0) is 19.4. The van der Waals surface area contributed by atoms with Crippen LogP contribution < -0.4 is 5.32 Å². The molecule has 0 fully saturated rings. The number of nitrogens with zero attached hydrogens (tertiary/aromatic N) is 1. The van der Waals surface area contributed by atoms with E-state index in [9.17, 15) is 4.79 Å². The Balaban J connectivity index is 1.76. The van der Waals surface area contributed by atoms with Crippen molar-refractivity contribution in [1.29, 1.82) is 0 Å². The predicted octanol–water partition coefficient (Wildman–Crippen LogP) is 7.09. The predicted molar refractivity (Wildman–Crippen MR) is 119 cm³/mol. The number of amides is 1. The van der Waals surface area contributed by atoms with E-state index in [1.54, 1.807) is 24.3 Å². The topological polar surface area (TPSA) is 42.0 Å². The number of thiazole rings is 1. The molecule has 1 heterocycles. The van der Waals surface area contributed by atoms with Gasteiger partial charge in [0.1, 0.15) is 0 Å². The third kappa shape index (κ3) is 5.20. The number of aryl methyl sites for hydroxylation is 1. The molecule has 2 aromatic carbocycles. The maximum atomic E-state index is 12.2. The van der Waals surface area contributed by atoms with Gasteiger partial charge in [-0.05, 0) is 42.3 Å². The molecule has 0 spiro atoms. The standard InChI is InChI=1S/C20H15BrCl2N2OS/c1-2-17-19(13-3-7-14(21)8-4-13)25-20(27-17)24-18(26)10-6-12-5-9-15(22)11-16(12)23/h3-11H,2H2,1H3,(H,24,25,26)/b10-6+. The van der Waals surface area contributed by atoms with Crippen molar-refractivity contribution in [1.82, 2.24) is 4.98 Å². The van der Waals surface area contributed by atoms with Gasteiger partial charge in [0.05, 0.1) is 5.69 Å². The van der Waals surface area contributed by atoms with Gasteiger partial charge in [-0.25, -0.2) is 4.98 Å². The van der Waals surface area contributed by atoms with Gasteiger partial charge in [-0.3, -0.25) is 10.1 Å². The van der Waals surface area contributed by atoms with Gasteiger partial charge in [0.25, 0.3) is 0 Å². The summed E-state index contributed by atoms with van der Waals surface area (Å²) in [5.41, 5.74) is 2.64. The van der Waals surface area contributed by atoms with Gasteiger partial charge in [0.2, 0.25) is 5.91 Å². The van der Waals surface area contributed by atoms with Crippen LogP contribution in [0.2, 0.25) is 10.0 Å². The first-order valence-electron chi connectivity index (χ1n) is 8.16. The Hall–Kier alpha value is -1.66. The third-order valence-corrected chi connectivity index (χ3v) is 5.95. The van der Waals surface area contributed by atoms with E-state index in [-0.39, 0.29) is 5.91 Å². The second kappa shape index (κ2) is 9.02. The van der Waals surface area contributed by atoms with E-state index >= 15 is 0 Å². The van der Waals surface area contributed by atoms with Gasteiger partial charge in [0, 0.05) is 31.0 Å². The van der Waals surface area contributed by atoms with E-state index in [4.69, 9.17) is 23.2 Å². The van der Waals surface area contributed by atoms with Crippen molar-refractivity contribution in [2.75, 3.05) is 5.32 Å². The molecule has 1 aromatic heterocycles. The molecule has 1 N–H and O–H groups in total. The zero-order valence-electron chi connectivity index (χ0n) is 14.3. The van der Waals surface area contributed by atoms with E-state index in [0.717, 1.165) is 32.6 Å². The molecule has 0 atom stereocenters. The van der Waals surface area contributed by atoms with Crippen molar-refractivity contribution in [3.05, 3.63) is 73.5 Å². The highest BCUT2D eigenvalue weighted by Crippen LogP contribution is 2.32. The van der Waals surface area contributed by atoms with E-state index in [1.807, 2.05) is 24.3 Å². The minimum Gasteiger partial charge on any atom is -0.298 e. The monoisotopic (exact) mass is 480 g/mol. The first-order chi connectivity index (χ1) is 13.0. The summed E-state index contributed by atoms with van der Waals surface area (Å²) >= 11 is 16.9. The molecule has 3 aromatic rings. The van der Waals surface area contributed by atoms with Crippen molar-refractivity contribution in [3.63, 3.8) is 0 Å². The van der Waals surface area contributed by atoms with Gasteiger partial charge in [-0.1, -0.05) is 64.3 Å². The summed E-state index contributed by atoms with van der Waals surface area (Å²) in [6.07, 6.45) is 3.93. The maximum Gasteiger partial charge on any atom is 0.250 e. The number of hydrogen-bond donors (Lipinski definition) is 1. The fourth-order valence-corrected chi connectivity index (χ4v) is 4.09. The number of carbonyl (C=O) groups is 1. The van der Waals surface area contributed by atoms with Gasteiger partial charge in [-0.2, -0.15) is 0 Å². The number of halogens is 3. The molecule has 7 heteroatoms. The molecule has 0 saturated carbocycles. The fraction of sp³-hybridized carbons (Fsp3) is 0.100. The van der Waals surface area contributed by atoms with Crippen molar-refractivity contribution in [2.24, 2.45) is 0 Å². The maximum absolute atomic E-state index is 12.2. The molecule has 0 saturated heterocycles. The lowest BCUT2D eigenvalue weighted by Crippen LogP contribution is -2.07. The normalized spacial score (nSPS) is 11.1. The Kier molecular flexibility index (Phi) is 6.71. The fourth-order valence-electron chi connectivity index (χ4n) is 2.43. The van der Waals surface area contributed by atoms with Crippen LogP contribution in [0.1, 0.15) is 17.4 Å². The van der Waals surface area contributed by atoms with Gasteiger partial charge >= 0.3 is 0 Å². The summed E-state index contributed by atoms with van der Waals surface area (Å²) in [5.74, 6) is -0.264. The van der Waals surface area contributed by atoms with Crippen LogP contribution >= 0.6 is 50.5 Å². The summed E-state index contributed by atoms with van der Waals surface area (Å²) in [5, 5.41) is 4.44. The number of hydrogen-bond acceptors (Lipinski definition) is 3. The second-order valence-corrected chi connectivity index (χ2v) is 8.48. The van der Waals surface area contributed by atoms with E-state index in [0.29, 0.717) is 15.2 Å². The number of benzene rings is 2. The number of carbonyl (C=O) groups excluding carboxylic acids is 1. The van der Waals surface area contributed by atoms with Crippen LogP contribution in [0.3, 0.4) is 0 Å². The molecule has 0 aliphatic carbocycles. The largest absolute Gasteiger partial charge is 0.298 e. The highest BCUT2D eigenvalue weighted by atomic mass is 79.9. The SMILES string of the molecule is CCc1sc(NC(=O)/C=C/c2ccc(Cl)cc2Cl)nc1-c1ccc(Br)cc1. The molecule has 3 rings (SSSR count). The Morgan fingerprint density at radius 3 is 2.63 bits per heavy atom. The number of rotatable bonds is 5. The van der Waals surface area contributed by atoms with Crippen LogP contribution in [0.15, 0.2) is 53.0 Å². The summed E-state index contributed by atoms with van der Waals surface area (Å²) in [4.78, 5) is 18.0. The highest BCUT2D eigenvalue weighted by molar-refractivity contribution is 9.10. The van der Waals surface area contributed by atoms with Crippen LogP contribution in [0.5, 0.6) is 0 Å². The molecular weight excluding hydrogens is 467 g/mol. The first kappa shape index (κ1) is 20.1. The Labute approximate surface area is 180 Å². The number of anilines is 1. The molecule has 0 bridgehead atoms. The van der Waals surface area contributed by atoms with Gasteiger partial charge in [-0.15, -0.1) is 11.3 Å². The molecule has 0 aliphatic heterocycles. The first-order valence-corrected chi connectivity index (χ1v) is 10.5. The highest BCUT2D eigenvalue weighted by Gasteiger charge is 2.13. The quantitative estimate of drug-likeness (QED) is 0.395. The lowest BCUT2D eigenvalue weighted by molar-refractivity contribution is -0.111. The molecule has 0 aliphatic rings. The van der Waals surface area contributed by atoms with Crippen LogP contribution in [-0.2, 0) is 11.2 Å². The Morgan fingerprint density at radius 1 is 1.22 bits per heavy atom. The molecule has 138 valence electrons. The number of nitrogens with one attached hydrogen (secondary N) is 1. The molecule has 3 nitrogen and oxygen atoms in total. The summed E-state index contributed by atoms with van der Waals surface area (Å²) in [6, 6.07) is 13.1. The lowest BCUT2D eigenvalue weighted by atomic mass is 10.1. The molecule has 0 radical (unpaired) electrons. The molecular formula is C20H15BrCl2N2OS. The Morgan fingerprint density at radius 2 is 1.96 bits per heavy atom. The summed E-state index contributed by atoms with van der Waals surface area (Å²) in [7, 11) is 0. The van der Waals surface area contributed by atoms with E-state index < -0.39 is 0 Å². The number of aromatic nitrogens is 1. The van der Waals surface area contributed by atoms with E-state index in [1.165, 1.54) is 17.4 Å². The Bertz CT molecular complexity index is 1000. The smallest absolute Gasteiger partial charge is 0.250 e. The van der Waals surface area contributed by atoms with Crippen molar-refractivity contribution >= 4 is 67.6 Å². The molecule has 27 heavy (non-hydrogen) atoms. The van der Waals surface area contributed by atoms with Crippen LogP contribution in [-0.4, -0.2) is 10.9 Å². The van der Waals surface area contributed by atoms with Crippen molar-refractivity contribution in [3.8, 4) is 11.3 Å². The minimum atomic E-state index is -0.264. The van der Waals surface area contributed by atoms with Gasteiger partial charge in [0.15, 0.2) is 5.13 Å². The van der Waals surface area contributed by atoms with Crippen LogP contribution in [0.4, 0.5) is 5.13 Å². The minimum absolute atomic E-state index is 0.264. The van der Waals surface area contributed by atoms with Gasteiger partial charge < -0.3 is 0 Å². The average Bonchev–Trinajstić information content (AvgIpc) is 3.04. The van der Waals surface area contributed by atoms with Crippen LogP contribution in [0, 0.1) is 0 Å². The lowest BCUT2D eigenvalue weighted by Gasteiger charge is -2.00. The second-order valence-electron chi connectivity index (χ2n) is 5.64. The summed E-state index contributed by atoms with van der Waals surface area (Å²) < 4.78 is 1.01. The molecule has 0 unspecified atom stereocenters. The molecule has 1 amide bonds. The average molecular weight is 482 g/mol. The van der Waals surface area contributed by atoms with Crippen molar-refractivity contribution < 1.29 is 4.79 Å².